The van der Waals surface area contributed by atoms with Gasteiger partial charge in [0.15, 0.2) is 0 Å². The summed E-state index contributed by atoms with van der Waals surface area (Å²) in [6, 6.07) is 23.8. The molecular formula is C35H35F4N5O4. The first-order valence-electron chi connectivity index (χ1n) is 15.3. The summed E-state index contributed by atoms with van der Waals surface area (Å²) in [4.78, 5) is 34.3. The van der Waals surface area contributed by atoms with Crippen LogP contribution < -0.4 is 20.3 Å². The Labute approximate surface area is 275 Å². The summed E-state index contributed by atoms with van der Waals surface area (Å²) in [5.41, 5.74) is -0.947. The van der Waals surface area contributed by atoms with Crippen molar-refractivity contribution < 1.29 is 36.6 Å². The quantitative estimate of drug-likeness (QED) is 0.183. The third-order valence-electron chi connectivity index (χ3n) is 7.71. The zero-order valence-electron chi connectivity index (χ0n) is 26.2. The van der Waals surface area contributed by atoms with E-state index in [0.29, 0.717) is 30.3 Å². The van der Waals surface area contributed by atoms with Crippen LogP contribution in [0.15, 0.2) is 97.2 Å². The third kappa shape index (κ3) is 9.29. The highest BCUT2D eigenvalue weighted by Crippen LogP contribution is 2.35. The lowest BCUT2D eigenvalue weighted by atomic mass is 10.0. The van der Waals surface area contributed by atoms with Crippen LogP contribution in [0.5, 0.6) is 11.5 Å². The molecule has 0 saturated carbocycles. The number of piperazine rings is 1. The first-order chi connectivity index (χ1) is 23.0. The van der Waals surface area contributed by atoms with E-state index in [-0.39, 0.29) is 44.5 Å². The van der Waals surface area contributed by atoms with Crippen LogP contribution in [0.25, 0.3) is 0 Å². The topological polar surface area (TPSA) is 96.0 Å². The Balaban J connectivity index is 1.20. The number of aromatic nitrogens is 1. The minimum Gasteiger partial charge on any atom is -0.457 e. The molecule has 5 rings (SSSR count). The van der Waals surface area contributed by atoms with Gasteiger partial charge >= 0.3 is 6.18 Å². The van der Waals surface area contributed by atoms with Crippen LogP contribution in [-0.2, 0) is 27.1 Å². The number of halogens is 4. The van der Waals surface area contributed by atoms with Gasteiger partial charge in [0.1, 0.15) is 28.7 Å². The van der Waals surface area contributed by atoms with Crippen LogP contribution >= 0.6 is 0 Å². The highest BCUT2D eigenvalue weighted by molar-refractivity contribution is 6.00. The van der Waals surface area contributed by atoms with Crippen molar-refractivity contribution in [3.63, 3.8) is 0 Å². The van der Waals surface area contributed by atoms with Gasteiger partial charge in [-0.2, -0.15) is 13.2 Å². The third-order valence-corrected chi connectivity index (χ3v) is 7.71. The van der Waals surface area contributed by atoms with E-state index in [0.717, 1.165) is 11.6 Å². The average molecular weight is 666 g/mol. The van der Waals surface area contributed by atoms with Gasteiger partial charge in [-0.25, -0.2) is 9.37 Å². The number of nitrogens with zero attached hydrogens (tertiary/aromatic N) is 3. The maximum absolute atomic E-state index is 13.6. The molecule has 2 heterocycles. The second-order valence-electron chi connectivity index (χ2n) is 11.5. The van der Waals surface area contributed by atoms with Gasteiger partial charge in [0.2, 0.25) is 5.91 Å². The number of hydrogen-bond donors (Lipinski definition) is 2. The smallest absolute Gasteiger partial charge is 0.419 e. The number of ether oxygens (including phenoxy) is 2. The van der Waals surface area contributed by atoms with E-state index in [1.165, 1.54) is 36.5 Å². The zero-order valence-corrected chi connectivity index (χ0v) is 26.2. The Morgan fingerprint density at radius 3 is 2.15 bits per heavy atom. The summed E-state index contributed by atoms with van der Waals surface area (Å²) in [5.74, 6) is -0.557. The molecule has 1 aromatic heterocycles. The molecule has 1 atom stereocenters. The molecule has 2 amide bonds. The number of pyridine rings is 1. The normalized spacial score (nSPS) is 15.0. The van der Waals surface area contributed by atoms with Crippen LogP contribution in [-0.4, -0.2) is 66.6 Å². The number of carbonyl (C=O) groups is 2. The standard InChI is InChI=1S/C35H35F4N5O4/c1-34(24-47-23-25-6-3-2-4-7-25,33(46)41-27-11-15-29(16-12-27)48-28-13-9-26(36)10-14-28)42-31(45)22-43-18-20-44(21-19-43)32-30(35(37,38)39)8-5-17-40-32/h2-17H,18-24H2,1H3,(H,41,46)(H,42,45). The van der Waals surface area contributed by atoms with Gasteiger partial charge in [0, 0.05) is 38.1 Å². The number of rotatable bonds is 12. The first kappa shape index (κ1) is 34.3. The molecular weight excluding hydrogens is 630 g/mol. The maximum Gasteiger partial charge on any atom is 0.419 e. The van der Waals surface area contributed by atoms with Crippen LogP contribution in [0, 0.1) is 5.82 Å². The van der Waals surface area contributed by atoms with Gasteiger partial charge in [0.25, 0.3) is 5.91 Å². The molecule has 1 saturated heterocycles. The van der Waals surface area contributed by atoms with Crippen molar-refractivity contribution in [2.75, 3.05) is 49.5 Å². The molecule has 13 heteroatoms. The SMILES string of the molecule is CC(COCc1ccccc1)(NC(=O)CN1CCN(c2ncccc2C(F)(F)F)CC1)C(=O)Nc1ccc(Oc2ccc(F)cc2)cc1. The second-order valence-corrected chi connectivity index (χ2v) is 11.5. The van der Waals surface area contributed by atoms with Crippen molar-refractivity contribution in [2.45, 2.75) is 25.2 Å². The molecule has 3 aromatic carbocycles. The largest absolute Gasteiger partial charge is 0.457 e. The predicted molar refractivity (Wildman–Crippen MR) is 172 cm³/mol. The minimum absolute atomic E-state index is 0.0703. The number of nitrogens with one attached hydrogen (secondary N) is 2. The van der Waals surface area contributed by atoms with E-state index in [9.17, 15) is 27.2 Å². The Bertz CT molecular complexity index is 1670. The van der Waals surface area contributed by atoms with Crippen molar-refractivity contribution in [3.8, 4) is 11.5 Å². The van der Waals surface area contributed by atoms with Crippen molar-refractivity contribution in [1.29, 1.82) is 0 Å². The number of benzene rings is 3. The zero-order chi connectivity index (χ0) is 34.1. The predicted octanol–water partition coefficient (Wildman–Crippen LogP) is 5.88. The van der Waals surface area contributed by atoms with E-state index < -0.39 is 29.1 Å². The maximum atomic E-state index is 13.6. The van der Waals surface area contributed by atoms with Gasteiger partial charge in [-0.15, -0.1) is 0 Å². The first-order valence-corrected chi connectivity index (χ1v) is 15.3. The number of anilines is 2. The number of carbonyl (C=O) groups excluding carboxylic acids is 2. The summed E-state index contributed by atoms with van der Waals surface area (Å²) in [5, 5.41) is 5.64. The molecule has 9 nitrogen and oxygen atoms in total. The van der Waals surface area contributed by atoms with Gasteiger partial charge in [0.05, 0.1) is 25.3 Å². The van der Waals surface area contributed by atoms with Crippen LogP contribution in [0.4, 0.5) is 29.1 Å². The molecule has 0 spiro atoms. The lowest BCUT2D eigenvalue weighted by Gasteiger charge is -2.36. The summed E-state index contributed by atoms with van der Waals surface area (Å²) < 4.78 is 65.4. The Hall–Kier alpha value is -5.01. The fraction of sp³-hybridized carbons (Fsp3) is 0.286. The molecule has 48 heavy (non-hydrogen) atoms. The van der Waals surface area contributed by atoms with E-state index >= 15 is 0 Å². The molecule has 0 aliphatic carbocycles. The van der Waals surface area contributed by atoms with Crippen molar-refractivity contribution in [2.24, 2.45) is 0 Å². The molecule has 1 fully saturated rings. The highest BCUT2D eigenvalue weighted by Gasteiger charge is 2.38. The lowest BCUT2D eigenvalue weighted by molar-refractivity contribution is -0.137. The second kappa shape index (κ2) is 15.3. The fourth-order valence-electron chi connectivity index (χ4n) is 5.16. The van der Waals surface area contributed by atoms with E-state index in [4.69, 9.17) is 9.47 Å². The van der Waals surface area contributed by atoms with Gasteiger partial charge in [-0.1, -0.05) is 30.3 Å². The molecule has 4 aromatic rings. The van der Waals surface area contributed by atoms with E-state index in [1.807, 2.05) is 35.2 Å². The Morgan fingerprint density at radius 2 is 1.50 bits per heavy atom. The molecule has 1 aliphatic rings. The van der Waals surface area contributed by atoms with Gasteiger partial charge in [-0.05, 0) is 73.2 Å². The van der Waals surface area contributed by atoms with Crippen molar-refractivity contribution in [1.82, 2.24) is 15.2 Å². The summed E-state index contributed by atoms with van der Waals surface area (Å²) in [6.45, 7) is 2.69. The average Bonchev–Trinajstić information content (AvgIpc) is 3.07. The molecule has 1 aliphatic heterocycles. The van der Waals surface area contributed by atoms with Crippen LogP contribution in [0.1, 0.15) is 18.1 Å². The summed E-state index contributed by atoms with van der Waals surface area (Å²) >= 11 is 0. The van der Waals surface area contributed by atoms with Crippen molar-refractivity contribution in [3.05, 3.63) is 114 Å². The molecule has 2 N–H and O–H groups in total. The van der Waals surface area contributed by atoms with E-state index in [2.05, 4.69) is 15.6 Å². The molecule has 0 bridgehead atoms. The molecule has 252 valence electrons. The highest BCUT2D eigenvalue weighted by atomic mass is 19.4. The van der Waals surface area contributed by atoms with Gasteiger partial charge in [-0.3, -0.25) is 14.5 Å². The Kier molecular flexibility index (Phi) is 10.9. The Morgan fingerprint density at radius 1 is 0.854 bits per heavy atom. The number of hydrogen-bond acceptors (Lipinski definition) is 7. The van der Waals surface area contributed by atoms with Crippen molar-refractivity contribution >= 4 is 23.3 Å². The lowest BCUT2D eigenvalue weighted by Crippen LogP contribution is -2.60. The fourth-order valence-corrected chi connectivity index (χ4v) is 5.16. The van der Waals surface area contributed by atoms with Crippen LogP contribution in [0.3, 0.4) is 0 Å². The number of amides is 2. The minimum atomic E-state index is -4.53. The monoisotopic (exact) mass is 665 g/mol. The van der Waals surface area contributed by atoms with Crippen LogP contribution in [0.2, 0.25) is 0 Å². The number of alkyl halides is 3. The summed E-state index contributed by atoms with van der Waals surface area (Å²) in [7, 11) is 0. The van der Waals surface area contributed by atoms with Gasteiger partial charge < -0.3 is 25.0 Å². The summed E-state index contributed by atoms with van der Waals surface area (Å²) in [6.07, 6.45) is -3.21. The molecule has 1 unspecified atom stereocenters. The molecule has 0 radical (unpaired) electrons. The van der Waals surface area contributed by atoms with E-state index in [1.54, 1.807) is 36.1 Å².